The molecule has 0 saturated heterocycles. The first kappa shape index (κ1) is 16.0. The summed E-state index contributed by atoms with van der Waals surface area (Å²) in [6.07, 6.45) is -4.65. The van der Waals surface area contributed by atoms with Crippen molar-refractivity contribution < 1.29 is 18.1 Å². The molecule has 0 radical (unpaired) electrons. The van der Waals surface area contributed by atoms with Gasteiger partial charge in [0.1, 0.15) is 0 Å². The second-order valence-corrected chi connectivity index (χ2v) is 4.91. The Bertz CT molecular complexity index is 739. The van der Waals surface area contributed by atoms with E-state index in [9.17, 15) is 23.3 Å². The summed E-state index contributed by atoms with van der Waals surface area (Å²) in [6, 6.07) is 8.67. The summed E-state index contributed by atoms with van der Waals surface area (Å²) >= 11 is 5.75. The van der Waals surface area contributed by atoms with Gasteiger partial charge in [-0.2, -0.15) is 13.2 Å². The van der Waals surface area contributed by atoms with E-state index in [-0.39, 0.29) is 11.1 Å². The Labute approximate surface area is 128 Å². The summed E-state index contributed by atoms with van der Waals surface area (Å²) in [5, 5.41) is 11.5. The van der Waals surface area contributed by atoms with Gasteiger partial charge >= 0.3 is 6.18 Å². The molecule has 3 nitrogen and oxygen atoms in total. The van der Waals surface area contributed by atoms with Crippen molar-refractivity contribution in [1.82, 2.24) is 0 Å². The number of rotatable bonds is 3. The quantitative estimate of drug-likeness (QED) is 0.565. The molecular weight excluding hydrogens is 319 g/mol. The minimum atomic E-state index is -4.65. The van der Waals surface area contributed by atoms with Crippen molar-refractivity contribution in [3.8, 4) is 0 Å². The van der Waals surface area contributed by atoms with Gasteiger partial charge in [0.15, 0.2) is 0 Å². The highest BCUT2D eigenvalue weighted by atomic mass is 35.5. The average Bonchev–Trinajstić information content (AvgIpc) is 2.45. The third-order valence-electron chi connectivity index (χ3n) is 3.04. The lowest BCUT2D eigenvalue weighted by Gasteiger charge is -2.11. The molecule has 0 saturated carbocycles. The van der Waals surface area contributed by atoms with Gasteiger partial charge in [0, 0.05) is 11.1 Å². The molecule has 0 unspecified atom stereocenters. The van der Waals surface area contributed by atoms with Crippen LogP contribution in [0.3, 0.4) is 0 Å². The maximum absolute atomic E-state index is 12.7. The summed E-state index contributed by atoms with van der Waals surface area (Å²) in [6.45, 7) is 3.73. The zero-order valence-electron chi connectivity index (χ0n) is 11.0. The molecule has 0 heterocycles. The first-order valence-electron chi connectivity index (χ1n) is 6.01. The lowest BCUT2D eigenvalue weighted by atomic mass is 9.97. The molecule has 0 aliphatic heterocycles. The summed E-state index contributed by atoms with van der Waals surface area (Å²) in [7, 11) is 0. The van der Waals surface area contributed by atoms with Crippen LogP contribution in [0.25, 0.3) is 5.57 Å². The summed E-state index contributed by atoms with van der Waals surface area (Å²) in [4.78, 5) is 10.2. The monoisotopic (exact) mass is 327 g/mol. The van der Waals surface area contributed by atoms with Crippen molar-refractivity contribution in [2.75, 3.05) is 0 Å². The Morgan fingerprint density at radius 2 is 1.73 bits per heavy atom. The van der Waals surface area contributed by atoms with E-state index < -0.39 is 22.4 Å². The standard InChI is InChI=1S/C15H9ClF3NO2/c1-9(10-2-5-12(16)6-3-10)13-7-4-11(15(17,18)19)8-14(13)20(21)22/h2-8H,1H2. The van der Waals surface area contributed by atoms with Crippen molar-refractivity contribution in [3.63, 3.8) is 0 Å². The van der Waals surface area contributed by atoms with Crippen LogP contribution in [0.15, 0.2) is 49.0 Å². The lowest BCUT2D eigenvalue weighted by Crippen LogP contribution is -2.06. The van der Waals surface area contributed by atoms with Gasteiger partial charge < -0.3 is 0 Å². The van der Waals surface area contributed by atoms with E-state index in [0.717, 1.165) is 12.1 Å². The van der Waals surface area contributed by atoms with Gasteiger partial charge in [-0.1, -0.05) is 30.3 Å². The van der Waals surface area contributed by atoms with Crippen LogP contribution in [0, 0.1) is 10.1 Å². The largest absolute Gasteiger partial charge is 0.416 e. The number of alkyl halides is 3. The van der Waals surface area contributed by atoms with Crippen LogP contribution < -0.4 is 0 Å². The van der Waals surface area contributed by atoms with E-state index in [2.05, 4.69) is 6.58 Å². The molecule has 0 atom stereocenters. The highest BCUT2D eigenvalue weighted by molar-refractivity contribution is 6.30. The number of halogens is 4. The Hall–Kier alpha value is -2.34. The van der Waals surface area contributed by atoms with Gasteiger partial charge in [0.25, 0.3) is 5.69 Å². The van der Waals surface area contributed by atoms with Crippen molar-refractivity contribution in [3.05, 3.63) is 80.9 Å². The van der Waals surface area contributed by atoms with E-state index in [0.29, 0.717) is 16.7 Å². The maximum Gasteiger partial charge on any atom is 0.416 e. The topological polar surface area (TPSA) is 43.1 Å². The number of nitro groups is 1. The molecule has 0 N–H and O–H groups in total. The Morgan fingerprint density at radius 1 is 1.14 bits per heavy atom. The van der Waals surface area contributed by atoms with Crippen LogP contribution in [0.5, 0.6) is 0 Å². The van der Waals surface area contributed by atoms with Crippen LogP contribution >= 0.6 is 11.6 Å². The second-order valence-electron chi connectivity index (χ2n) is 4.47. The molecule has 2 rings (SSSR count). The van der Waals surface area contributed by atoms with E-state index in [1.807, 2.05) is 0 Å². The Morgan fingerprint density at radius 3 is 2.23 bits per heavy atom. The predicted octanol–water partition coefficient (Wildman–Crippen LogP) is 5.33. The molecule has 0 amide bonds. The van der Waals surface area contributed by atoms with Crippen molar-refractivity contribution in [2.45, 2.75) is 6.18 Å². The molecule has 7 heteroatoms. The molecule has 0 aliphatic rings. The number of nitrogens with zero attached hydrogens (tertiary/aromatic N) is 1. The molecule has 2 aromatic rings. The fraction of sp³-hybridized carbons (Fsp3) is 0.0667. The lowest BCUT2D eigenvalue weighted by molar-refractivity contribution is -0.385. The van der Waals surface area contributed by atoms with Crippen LogP contribution in [-0.2, 0) is 6.18 Å². The Kier molecular flexibility index (Phi) is 4.23. The van der Waals surface area contributed by atoms with Crippen LogP contribution in [-0.4, -0.2) is 4.92 Å². The summed E-state index contributed by atoms with van der Waals surface area (Å²) < 4.78 is 38.0. The number of nitro benzene ring substituents is 1. The highest BCUT2D eigenvalue weighted by Gasteiger charge is 2.33. The molecule has 22 heavy (non-hydrogen) atoms. The summed E-state index contributed by atoms with van der Waals surface area (Å²) in [5.74, 6) is 0. The predicted molar refractivity (Wildman–Crippen MR) is 77.7 cm³/mol. The van der Waals surface area contributed by atoms with E-state index in [1.54, 1.807) is 24.3 Å². The fourth-order valence-corrected chi connectivity index (χ4v) is 2.05. The molecular formula is C15H9ClF3NO2. The van der Waals surface area contributed by atoms with Crippen molar-refractivity contribution in [2.24, 2.45) is 0 Å². The first-order chi connectivity index (χ1) is 10.2. The van der Waals surface area contributed by atoms with Gasteiger partial charge in [-0.05, 0) is 35.4 Å². The minimum absolute atomic E-state index is 0.0281. The highest BCUT2D eigenvalue weighted by Crippen LogP contribution is 2.36. The second kappa shape index (κ2) is 5.81. The van der Waals surface area contributed by atoms with Crippen molar-refractivity contribution >= 4 is 22.9 Å². The van der Waals surface area contributed by atoms with E-state index in [1.165, 1.54) is 0 Å². The number of hydrogen-bond acceptors (Lipinski definition) is 2. The summed E-state index contributed by atoms with van der Waals surface area (Å²) in [5.41, 5.74) is -0.911. The van der Waals surface area contributed by atoms with Crippen LogP contribution in [0.4, 0.5) is 18.9 Å². The molecule has 2 aromatic carbocycles. The normalized spacial score (nSPS) is 11.3. The fourth-order valence-electron chi connectivity index (χ4n) is 1.92. The molecule has 0 bridgehead atoms. The minimum Gasteiger partial charge on any atom is -0.258 e. The third-order valence-corrected chi connectivity index (χ3v) is 3.29. The number of hydrogen-bond donors (Lipinski definition) is 0. The first-order valence-corrected chi connectivity index (χ1v) is 6.39. The average molecular weight is 328 g/mol. The maximum atomic E-state index is 12.7. The molecule has 114 valence electrons. The molecule has 0 aromatic heterocycles. The van der Waals surface area contributed by atoms with Gasteiger partial charge in [-0.25, -0.2) is 0 Å². The van der Waals surface area contributed by atoms with Crippen LogP contribution in [0.2, 0.25) is 5.02 Å². The zero-order valence-corrected chi connectivity index (χ0v) is 11.8. The molecule has 0 fully saturated rings. The third kappa shape index (κ3) is 3.28. The van der Waals surface area contributed by atoms with Crippen LogP contribution in [0.1, 0.15) is 16.7 Å². The van der Waals surface area contributed by atoms with Crippen molar-refractivity contribution in [1.29, 1.82) is 0 Å². The van der Waals surface area contributed by atoms with Gasteiger partial charge in [-0.3, -0.25) is 10.1 Å². The number of benzene rings is 2. The molecule has 0 spiro atoms. The van der Waals surface area contributed by atoms with Gasteiger partial charge in [0.05, 0.1) is 16.1 Å². The smallest absolute Gasteiger partial charge is 0.258 e. The SMILES string of the molecule is C=C(c1ccc(Cl)cc1)c1ccc(C(F)(F)F)cc1[N+](=O)[O-]. The zero-order chi connectivity index (χ0) is 16.5. The van der Waals surface area contributed by atoms with Gasteiger partial charge in [-0.15, -0.1) is 0 Å². The Balaban J connectivity index is 2.53. The molecule has 0 aliphatic carbocycles. The van der Waals surface area contributed by atoms with Gasteiger partial charge in [0.2, 0.25) is 0 Å². The van der Waals surface area contributed by atoms with E-state index >= 15 is 0 Å². The van der Waals surface area contributed by atoms with E-state index in [4.69, 9.17) is 11.6 Å².